The van der Waals surface area contributed by atoms with Crippen molar-refractivity contribution < 1.29 is 0 Å². The van der Waals surface area contributed by atoms with Gasteiger partial charge >= 0.3 is 0 Å². The molecular weight excluding hydrogens is 156 g/mol. The molecule has 0 unspecified atom stereocenters. The lowest BCUT2D eigenvalue weighted by Crippen LogP contribution is -2.19. The molecule has 0 radical (unpaired) electrons. The third kappa shape index (κ3) is 2.04. The Hall–Kier alpha value is -0.520. The molecule has 0 aliphatic heterocycles. The van der Waals surface area contributed by atoms with Crippen LogP contribution in [-0.4, -0.2) is 0 Å². The summed E-state index contributed by atoms with van der Waals surface area (Å²) in [6, 6.07) is 0. The van der Waals surface area contributed by atoms with Gasteiger partial charge < -0.3 is 0 Å². The van der Waals surface area contributed by atoms with Crippen molar-refractivity contribution in [2.24, 2.45) is 5.41 Å². The number of hydrogen-bond acceptors (Lipinski definition) is 0. The van der Waals surface area contributed by atoms with Gasteiger partial charge in [0.05, 0.1) is 0 Å². The molecule has 0 bridgehead atoms. The van der Waals surface area contributed by atoms with E-state index in [1.807, 2.05) is 0 Å². The standard InChI is InChI=1S/C13H22/c1-6-11-9-13(4,5)12(7-2)8-10(11)3/h8H,6-7,9H2,1-5H3. The summed E-state index contributed by atoms with van der Waals surface area (Å²) in [5.41, 5.74) is 5.17. The highest BCUT2D eigenvalue weighted by Crippen LogP contribution is 2.41. The molecule has 0 saturated heterocycles. The maximum atomic E-state index is 2.41. The molecule has 0 atom stereocenters. The second-order valence-electron chi connectivity index (χ2n) is 4.72. The van der Waals surface area contributed by atoms with Gasteiger partial charge in [-0.1, -0.05) is 50.5 Å². The molecule has 1 aliphatic rings. The predicted molar refractivity (Wildman–Crippen MR) is 59.8 cm³/mol. The summed E-state index contributed by atoms with van der Waals surface area (Å²) in [7, 11) is 0. The van der Waals surface area contributed by atoms with E-state index in [9.17, 15) is 0 Å². The summed E-state index contributed by atoms with van der Waals surface area (Å²) >= 11 is 0. The Labute approximate surface area is 82.7 Å². The van der Waals surface area contributed by atoms with Gasteiger partial charge in [0.25, 0.3) is 0 Å². The van der Waals surface area contributed by atoms with E-state index in [0.29, 0.717) is 5.41 Å². The Morgan fingerprint density at radius 2 is 1.85 bits per heavy atom. The molecule has 0 nitrogen and oxygen atoms in total. The highest BCUT2D eigenvalue weighted by molar-refractivity contribution is 5.36. The average Bonchev–Trinajstić information content (AvgIpc) is 2.08. The first-order valence-electron chi connectivity index (χ1n) is 5.41. The van der Waals surface area contributed by atoms with Crippen LogP contribution in [0.15, 0.2) is 22.8 Å². The van der Waals surface area contributed by atoms with Crippen molar-refractivity contribution in [3.05, 3.63) is 22.8 Å². The van der Waals surface area contributed by atoms with Gasteiger partial charge in [0.15, 0.2) is 0 Å². The van der Waals surface area contributed by atoms with Gasteiger partial charge in [0.1, 0.15) is 0 Å². The van der Waals surface area contributed by atoms with E-state index in [-0.39, 0.29) is 0 Å². The van der Waals surface area contributed by atoms with Gasteiger partial charge in [-0.2, -0.15) is 0 Å². The summed E-state index contributed by atoms with van der Waals surface area (Å²) in [5, 5.41) is 0. The van der Waals surface area contributed by atoms with Crippen LogP contribution < -0.4 is 0 Å². The minimum absolute atomic E-state index is 0.402. The molecule has 0 aromatic heterocycles. The second-order valence-corrected chi connectivity index (χ2v) is 4.72. The zero-order valence-corrected chi connectivity index (χ0v) is 9.70. The van der Waals surface area contributed by atoms with Crippen LogP contribution in [0.4, 0.5) is 0 Å². The lowest BCUT2D eigenvalue weighted by atomic mass is 9.72. The highest BCUT2D eigenvalue weighted by Gasteiger charge is 2.26. The van der Waals surface area contributed by atoms with E-state index < -0.39 is 0 Å². The normalized spacial score (nSPS) is 21.8. The predicted octanol–water partition coefficient (Wildman–Crippen LogP) is 4.48. The van der Waals surface area contributed by atoms with E-state index in [1.165, 1.54) is 24.8 Å². The van der Waals surface area contributed by atoms with E-state index in [2.05, 4.69) is 40.7 Å². The SMILES string of the molecule is CCC1=CC(C)=C(CC)CC1(C)C. The third-order valence-electron chi connectivity index (χ3n) is 3.28. The Morgan fingerprint density at radius 3 is 2.31 bits per heavy atom. The largest absolute Gasteiger partial charge is 0.0667 e. The summed E-state index contributed by atoms with van der Waals surface area (Å²) in [5.74, 6) is 0. The molecule has 0 heteroatoms. The molecule has 0 fully saturated rings. The molecule has 0 aromatic rings. The van der Waals surface area contributed by atoms with Crippen molar-refractivity contribution in [1.29, 1.82) is 0 Å². The maximum absolute atomic E-state index is 2.41. The molecular formula is C13H22. The van der Waals surface area contributed by atoms with E-state index in [4.69, 9.17) is 0 Å². The molecule has 74 valence electrons. The van der Waals surface area contributed by atoms with Crippen LogP contribution in [0.3, 0.4) is 0 Å². The van der Waals surface area contributed by atoms with Gasteiger partial charge in [-0.3, -0.25) is 0 Å². The molecule has 0 amide bonds. The summed E-state index contributed by atoms with van der Waals surface area (Å²) in [6.45, 7) is 11.5. The monoisotopic (exact) mass is 178 g/mol. The molecule has 0 N–H and O–H groups in total. The van der Waals surface area contributed by atoms with Crippen LogP contribution in [0.2, 0.25) is 0 Å². The first kappa shape index (κ1) is 10.6. The van der Waals surface area contributed by atoms with Crippen LogP contribution in [0.25, 0.3) is 0 Å². The minimum Gasteiger partial charge on any atom is -0.0667 e. The fraction of sp³-hybridized carbons (Fsp3) is 0.692. The first-order chi connectivity index (χ1) is 6.01. The lowest BCUT2D eigenvalue weighted by Gasteiger charge is -2.33. The van der Waals surface area contributed by atoms with E-state index in [0.717, 1.165) is 0 Å². The summed E-state index contributed by atoms with van der Waals surface area (Å²) < 4.78 is 0. The van der Waals surface area contributed by atoms with Crippen LogP contribution in [0, 0.1) is 5.41 Å². The number of rotatable bonds is 2. The van der Waals surface area contributed by atoms with Crippen molar-refractivity contribution in [3.63, 3.8) is 0 Å². The molecule has 0 spiro atoms. The summed E-state index contributed by atoms with van der Waals surface area (Å²) in [6.07, 6.45) is 6.07. The Bertz CT molecular complexity index is 251. The Balaban J connectivity index is 3.02. The Morgan fingerprint density at radius 1 is 1.23 bits per heavy atom. The topological polar surface area (TPSA) is 0 Å². The lowest BCUT2D eigenvalue weighted by molar-refractivity contribution is 0.416. The molecule has 0 aromatic carbocycles. The van der Waals surface area contributed by atoms with Gasteiger partial charge in [-0.05, 0) is 31.6 Å². The zero-order chi connectivity index (χ0) is 10.1. The van der Waals surface area contributed by atoms with E-state index >= 15 is 0 Å². The molecule has 0 saturated carbocycles. The van der Waals surface area contributed by atoms with Crippen LogP contribution in [0.5, 0.6) is 0 Å². The van der Waals surface area contributed by atoms with Crippen LogP contribution in [0.1, 0.15) is 53.9 Å². The number of allylic oxidation sites excluding steroid dienone is 4. The second kappa shape index (κ2) is 3.69. The maximum Gasteiger partial charge on any atom is -0.0104 e. The zero-order valence-electron chi connectivity index (χ0n) is 9.70. The molecule has 0 heterocycles. The minimum atomic E-state index is 0.402. The first-order valence-corrected chi connectivity index (χ1v) is 5.41. The third-order valence-corrected chi connectivity index (χ3v) is 3.28. The van der Waals surface area contributed by atoms with Crippen LogP contribution >= 0.6 is 0 Å². The number of hydrogen-bond donors (Lipinski definition) is 0. The van der Waals surface area contributed by atoms with E-state index in [1.54, 1.807) is 11.1 Å². The molecule has 1 aliphatic carbocycles. The van der Waals surface area contributed by atoms with Gasteiger partial charge in [0, 0.05) is 0 Å². The van der Waals surface area contributed by atoms with Crippen molar-refractivity contribution >= 4 is 0 Å². The molecule has 1 rings (SSSR count). The van der Waals surface area contributed by atoms with Gasteiger partial charge in [-0.15, -0.1) is 0 Å². The Kier molecular flexibility index (Phi) is 3.00. The van der Waals surface area contributed by atoms with Gasteiger partial charge in [0.2, 0.25) is 0 Å². The fourth-order valence-corrected chi connectivity index (χ4v) is 2.33. The van der Waals surface area contributed by atoms with Crippen molar-refractivity contribution in [1.82, 2.24) is 0 Å². The average molecular weight is 178 g/mol. The van der Waals surface area contributed by atoms with Crippen LogP contribution in [-0.2, 0) is 0 Å². The quantitative estimate of drug-likeness (QED) is 0.585. The van der Waals surface area contributed by atoms with Gasteiger partial charge in [-0.25, -0.2) is 0 Å². The smallest absolute Gasteiger partial charge is 0.0104 e. The highest BCUT2D eigenvalue weighted by atomic mass is 14.3. The summed E-state index contributed by atoms with van der Waals surface area (Å²) in [4.78, 5) is 0. The molecule has 13 heavy (non-hydrogen) atoms. The van der Waals surface area contributed by atoms with Crippen molar-refractivity contribution in [3.8, 4) is 0 Å². The van der Waals surface area contributed by atoms with Crippen molar-refractivity contribution in [2.45, 2.75) is 53.9 Å². The fourth-order valence-electron chi connectivity index (χ4n) is 2.33. The van der Waals surface area contributed by atoms with Crippen molar-refractivity contribution in [2.75, 3.05) is 0 Å².